The minimum atomic E-state index is -4.47. The van der Waals surface area contributed by atoms with Crippen molar-refractivity contribution in [3.63, 3.8) is 0 Å². The monoisotopic (exact) mass is 466 g/mol. The van der Waals surface area contributed by atoms with Crippen LogP contribution in [-0.2, 0) is 25.7 Å². The van der Waals surface area contributed by atoms with E-state index >= 15 is 0 Å². The molecule has 3 aromatic rings. The molecule has 162 valence electrons. The fourth-order valence-corrected chi connectivity index (χ4v) is 4.36. The number of nitrogens with two attached hydrogens (primary N) is 1. The molecule has 0 aliphatic carbocycles. The van der Waals surface area contributed by atoms with Crippen molar-refractivity contribution in [3.8, 4) is 0 Å². The van der Waals surface area contributed by atoms with Gasteiger partial charge in [0.15, 0.2) is 0 Å². The molecule has 1 aliphatic rings. The number of alkyl halides is 3. The summed E-state index contributed by atoms with van der Waals surface area (Å²) >= 11 is 7.61. The van der Waals surface area contributed by atoms with Gasteiger partial charge >= 0.3 is 6.18 Å². The van der Waals surface area contributed by atoms with Gasteiger partial charge in [0.2, 0.25) is 5.28 Å². The molecular formula is C20H18ClF3N6S. The Balaban J connectivity index is 1.54. The van der Waals surface area contributed by atoms with Crippen LogP contribution in [-0.4, -0.2) is 25.8 Å². The summed E-state index contributed by atoms with van der Waals surface area (Å²) in [6.45, 7) is 1.41. The molecular weight excluding hydrogens is 449 g/mol. The normalized spacial score (nSPS) is 14.3. The standard InChI is InChI=1S/C20H18ClF3N6S/c21-19-28-16-4-6-30(31-17-3-1-2-5-26-17)11-15(16)18(29-19)27-10-12-7-13(20(22,23)24)9-14(25)8-12/h1-3,5,7-9H,4,6,10-11,25H2,(H,27,28,29). The van der Waals surface area contributed by atoms with Crippen LogP contribution < -0.4 is 11.1 Å². The molecule has 0 unspecified atom stereocenters. The molecule has 3 heterocycles. The Hall–Kier alpha value is -2.56. The number of hydrogen-bond acceptors (Lipinski definition) is 7. The van der Waals surface area contributed by atoms with Crippen LogP contribution in [0.3, 0.4) is 0 Å². The Labute approximate surface area is 186 Å². The first-order chi connectivity index (χ1) is 14.8. The Kier molecular flexibility index (Phi) is 6.22. The molecule has 0 atom stereocenters. The van der Waals surface area contributed by atoms with Gasteiger partial charge < -0.3 is 11.1 Å². The summed E-state index contributed by atoms with van der Waals surface area (Å²) in [4.78, 5) is 12.9. The van der Waals surface area contributed by atoms with Gasteiger partial charge in [-0.2, -0.15) is 13.2 Å². The molecule has 3 N–H and O–H groups in total. The van der Waals surface area contributed by atoms with Crippen molar-refractivity contribution < 1.29 is 13.2 Å². The predicted molar refractivity (Wildman–Crippen MR) is 114 cm³/mol. The van der Waals surface area contributed by atoms with Gasteiger partial charge in [0.1, 0.15) is 10.8 Å². The average molecular weight is 467 g/mol. The molecule has 4 rings (SSSR count). The fraction of sp³-hybridized carbons (Fsp3) is 0.250. The summed E-state index contributed by atoms with van der Waals surface area (Å²) < 4.78 is 41.4. The second kappa shape index (κ2) is 8.89. The molecule has 1 aromatic carbocycles. The van der Waals surface area contributed by atoms with Crippen molar-refractivity contribution in [2.75, 3.05) is 17.6 Å². The molecule has 0 spiro atoms. The second-order valence-corrected chi connectivity index (χ2v) is 8.41. The maximum absolute atomic E-state index is 13.1. The molecule has 0 saturated carbocycles. The average Bonchev–Trinajstić information content (AvgIpc) is 2.72. The van der Waals surface area contributed by atoms with Crippen LogP contribution in [0.2, 0.25) is 5.28 Å². The van der Waals surface area contributed by atoms with Gasteiger partial charge in [-0.15, -0.1) is 0 Å². The van der Waals surface area contributed by atoms with E-state index in [2.05, 4.69) is 24.6 Å². The molecule has 11 heteroatoms. The van der Waals surface area contributed by atoms with Crippen LogP contribution in [0.1, 0.15) is 22.4 Å². The van der Waals surface area contributed by atoms with Gasteiger partial charge in [0.05, 0.1) is 11.3 Å². The van der Waals surface area contributed by atoms with E-state index in [-0.39, 0.29) is 17.5 Å². The van der Waals surface area contributed by atoms with Gasteiger partial charge in [0, 0.05) is 43.5 Å². The van der Waals surface area contributed by atoms with Gasteiger partial charge in [-0.1, -0.05) is 6.07 Å². The van der Waals surface area contributed by atoms with Crippen molar-refractivity contribution in [1.29, 1.82) is 0 Å². The van der Waals surface area contributed by atoms with Crippen LogP contribution in [0.25, 0.3) is 0 Å². The summed E-state index contributed by atoms with van der Waals surface area (Å²) in [5, 5.41) is 4.07. The summed E-state index contributed by atoms with van der Waals surface area (Å²) in [6, 6.07) is 9.19. The zero-order valence-electron chi connectivity index (χ0n) is 16.2. The highest BCUT2D eigenvalue weighted by molar-refractivity contribution is 7.96. The second-order valence-electron chi connectivity index (χ2n) is 6.95. The Morgan fingerprint density at radius 3 is 2.77 bits per heavy atom. The van der Waals surface area contributed by atoms with E-state index < -0.39 is 11.7 Å². The van der Waals surface area contributed by atoms with E-state index in [0.29, 0.717) is 24.3 Å². The molecule has 31 heavy (non-hydrogen) atoms. The van der Waals surface area contributed by atoms with E-state index in [0.717, 1.165) is 35.0 Å². The lowest BCUT2D eigenvalue weighted by molar-refractivity contribution is -0.137. The third-order valence-corrected chi connectivity index (χ3v) is 5.83. The first kappa shape index (κ1) is 21.7. The number of nitrogens with zero attached hydrogens (tertiary/aromatic N) is 4. The van der Waals surface area contributed by atoms with Gasteiger partial charge in [-0.05, 0) is 59.4 Å². The third kappa shape index (κ3) is 5.38. The van der Waals surface area contributed by atoms with Crippen LogP contribution in [0.15, 0.2) is 47.6 Å². The van der Waals surface area contributed by atoms with E-state index in [4.69, 9.17) is 17.3 Å². The molecule has 0 bridgehead atoms. The van der Waals surface area contributed by atoms with Gasteiger partial charge in [0.25, 0.3) is 0 Å². The highest BCUT2D eigenvalue weighted by Gasteiger charge is 2.31. The van der Waals surface area contributed by atoms with E-state index in [9.17, 15) is 13.2 Å². The Morgan fingerprint density at radius 2 is 2.03 bits per heavy atom. The van der Waals surface area contributed by atoms with Crippen LogP contribution >= 0.6 is 23.5 Å². The molecule has 6 nitrogen and oxygen atoms in total. The summed E-state index contributed by atoms with van der Waals surface area (Å²) in [5.41, 5.74) is 7.00. The van der Waals surface area contributed by atoms with Crippen molar-refractivity contribution >= 4 is 35.1 Å². The molecule has 0 fully saturated rings. The number of rotatable bonds is 5. The van der Waals surface area contributed by atoms with Crippen LogP contribution in [0.5, 0.6) is 0 Å². The zero-order valence-corrected chi connectivity index (χ0v) is 17.7. The van der Waals surface area contributed by atoms with Gasteiger partial charge in [-0.25, -0.2) is 19.3 Å². The number of fused-ring (bicyclic) bond motifs is 1. The van der Waals surface area contributed by atoms with Crippen LogP contribution in [0, 0.1) is 0 Å². The minimum absolute atomic E-state index is 0.0484. The number of halogens is 4. The lowest BCUT2D eigenvalue weighted by Gasteiger charge is -2.28. The SMILES string of the molecule is Nc1cc(CNc2nc(Cl)nc3c2CN(Sc2ccccn2)CC3)cc(C(F)(F)F)c1. The molecule has 1 aliphatic heterocycles. The number of hydrogen-bond donors (Lipinski definition) is 2. The number of pyridine rings is 1. The van der Waals surface area contributed by atoms with Crippen LogP contribution in [0.4, 0.5) is 24.7 Å². The van der Waals surface area contributed by atoms with E-state index in [1.54, 1.807) is 6.20 Å². The minimum Gasteiger partial charge on any atom is -0.399 e. The first-order valence-corrected chi connectivity index (χ1v) is 10.5. The number of benzene rings is 1. The fourth-order valence-electron chi connectivity index (χ4n) is 3.29. The quantitative estimate of drug-likeness (QED) is 0.317. The highest BCUT2D eigenvalue weighted by atomic mass is 35.5. The topological polar surface area (TPSA) is 80.0 Å². The maximum atomic E-state index is 13.1. The van der Waals surface area contributed by atoms with Crippen molar-refractivity contribution in [1.82, 2.24) is 19.3 Å². The third-order valence-electron chi connectivity index (χ3n) is 4.66. The maximum Gasteiger partial charge on any atom is 0.416 e. The van der Waals surface area contributed by atoms with E-state index in [1.807, 2.05) is 18.2 Å². The Bertz CT molecular complexity index is 1080. The molecule has 0 saturated heterocycles. The molecule has 2 aromatic heterocycles. The van der Waals surface area contributed by atoms with Crippen molar-refractivity contribution in [2.45, 2.75) is 30.7 Å². The number of nitrogen functional groups attached to an aromatic ring is 1. The molecule has 0 radical (unpaired) electrons. The largest absolute Gasteiger partial charge is 0.416 e. The van der Waals surface area contributed by atoms with Gasteiger partial charge in [-0.3, -0.25) is 0 Å². The van der Waals surface area contributed by atoms with Crippen molar-refractivity contribution in [3.05, 3.63) is 70.3 Å². The summed E-state index contributed by atoms with van der Waals surface area (Å²) in [5.74, 6) is 0.498. The summed E-state index contributed by atoms with van der Waals surface area (Å²) in [7, 11) is 0. The smallest absolute Gasteiger partial charge is 0.399 e. The number of anilines is 2. The van der Waals surface area contributed by atoms with Crippen molar-refractivity contribution in [2.24, 2.45) is 0 Å². The zero-order chi connectivity index (χ0) is 22.0. The first-order valence-electron chi connectivity index (χ1n) is 9.37. The summed E-state index contributed by atoms with van der Waals surface area (Å²) in [6.07, 6.45) is -2.07. The number of aromatic nitrogens is 3. The predicted octanol–water partition coefficient (Wildman–Crippen LogP) is 4.80. The van der Waals surface area contributed by atoms with E-state index in [1.165, 1.54) is 18.0 Å². The lowest BCUT2D eigenvalue weighted by atomic mass is 10.1. The molecule has 0 amide bonds. The number of nitrogens with one attached hydrogen (secondary N) is 1. The Morgan fingerprint density at radius 1 is 1.19 bits per heavy atom. The lowest BCUT2D eigenvalue weighted by Crippen LogP contribution is -2.27. The highest BCUT2D eigenvalue weighted by Crippen LogP contribution is 2.33.